The monoisotopic (exact) mass is 410 g/mol. The molecule has 0 aliphatic carbocycles. The van der Waals surface area contributed by atoms with E-state index in [-0.39, 0.29) is 32.6 Å². The lowest BCUT2D eigenvalue weighted by atomic mass is 10.2. The topological polar surface area (TPSA) is 62.5 Å². The maximum Gasteiger partial charge on any atom is 0.431 e. The third-order valence-corrected chi connectivity index (χ3v) is 3.88. The van der Waals surface area contributed by atoms with Crippen molar-refractivity contribution < 1.29 is 27.0 Å². The highest BCUT2D eigenvalue weighted by Gasteiger charge is 2.35. The van der Waals surface area contributed by atoms with Crippen molar-refractivity contribution in [1.82, 2.24) is 9.13 Å². The fourth-order valence-electron chi connectivity index (χ4n) is 2.38. The third kappa shape index (κ3) is 4.33. The van der Waals surface area contributed by atoms with Gasteiger partial charge in [0, 0.05) is 26.3 Å². The predicted octanol–water partition coefficient (Wildman–Crippen LogP) is 2.76. The molecule has 1 unspecified atom stereocenters. The molecule has 148 valence electrons. The van der Waals surface area contributed by atoms with Gasteiger partial charge < -0.3 is 9.47 Å². The summed E-state index contributed by atoms with van der Waals surface area (Å²) in [6.07, 6.45) is -5.42. The highest BCUT2D eigenvalue weighted by molar-refractivity contribution is 6.32. The van der Waals surface area contributed by atoms with Gasteiger partial charge in [-0.1, -0.05) is 11.6 Å². The molecule has 0 amide bonds. The Hall–Kier alpha value is -2.33. The first kappa shape index (κ1) is 21.0. The Morgan fingerprint density at radius 3 is 2.41 bits per heavy atom. The van der Waals surface area contributed by atoms with Crippen LogP contribution in [0.15, 0.2) is 27.8 Å². The molecule has 0 aliphatic rings. The maximum atomic E-state index is 14.3. The van der Waals surface area contributed by atoms with Crippen LogP contribution in [0.2, 0.25) is 5.02 Å². The Balaban J connectivity index is 2.67. The normalized spacial score (nSPS) is 12.9. The zero-order valence-electron chi connectivity index (χ0n) is 14.4. The van der Waals surface area contributed by atoms with Gasteiger partial charge in [0.05, 0.1) is 17.3 Å². The average molecular weight is 411 g/mol. The van der Waals surface area contributed by atoms with Crippen LogP contribution < -0.4 is 16.0 Å². The second-order valence-electron chi connectivity index (χ2n) is 5.66. The Morgan fingerprint density at radius 1 is 1.22 bits per heavy atom. The standard InChI is InChI=1S/C16H15ClF4N2O4/c1-8(7-26-3)27-12-5-11(10(18)4-9(12)17)23-14(24)6-13(16(19,20)21)22(2)15(23)25/h4-6,8H,7H2,1-3H3. The van der Waals surface area contributed by atoms with Gasteiger partial charge in [-0.3, -0.25) is 9.36 Å². The molecule has 2 aromatic rings. The van der Waals surface area contributed by atoms with Gasteiger partial charge in [0.15, 0.2) is 0 Å². The lowest BCUT2D eigenvalue weighted by Gasteiger charge is -2.17. The van der Waals surface area contributed by atoms with Crippen molar-refractivity contribution >= 4 is 11.6 Å². The Bertz CT molecular complexity index is 969. The molecule has 0 aliphatic heterocycles. The summed E-state index contributed by atoms with van der Waals surface area (Å²) >= 11 is 5.90. The molecule has 0 saturated heterocycles. The zero-order valence-corrected chi connectivity index (χ0v) is 15.2. The molecule has 0 saturated carbocycles. The van der Waals surface area contributed by atoms with Crippen molar-refractivity contribution in [3.05, 3.63) is 55.6 Å². The van der Waals surface area contributed by atoms with Crippen LogP contribution in [0.1, 0.15) is 12.6 Å². The Kier molecular flexibility index (Phi) is 6.01. The van der Waals surface area contributed by atoms with Crippen LogP contribution in [0.25, 0.3) is 5.69 Å². The summed E-state index contributed by atoms with van der Waals surface area (Å²) in [5.41, 5.74) is -4.75. The van der Waals surface area contributed by atoms with Gasteiger partial charge in [-0.05, 0) is 13.0 Å². The molecule has 0 fully saturated rings. The maximum absolute atomic E-state index is 14.3. The van der Waals surface area contributed by atoms with E-state index in [2.05, 4.69) is 0 Å². The van der Waals surface area contributed by atoms with Gasteiger partial charge >= 0.3 is 11.9 Å². The molecule has 0 N–H and O–H groups in total. The van der Waals surface area contributed by atoms with E-state index in [1.54, 1.807) is 6.92 Å². The van der Waals surface area contributed by atoms with E-state index in [0.717, 1.165) is 19.2 Å². The van der Waals surface area contributed by atoms with Gasteiger partial charge in [-0.25, -0.2) is 13.8 Å². The minimum atomic E-state index is -4.92. The van der Waals surface area contributed by atoms with E-state index < -0.39 is 40.7 Å². The molecule has 1 aromatic carbocycles. The van der Waals surface area contributed by atoms with E-state index in [1.165, 1.54) is 7.11 Å². The van der Waals surface area contributed by atoms with Crippen LogP contribution in [0.5, 0.6) is 5.75 Å². The highest BCUT2D eigenvalue weighted by Crippen LogP contribution is 2.30. The molecule has 11 heteroatoms. The smallest absolute Gasteiger partial charge is 0.431 e. The van der Waals surface area contributed by atoms with Gasteiger partial charge in [0.1, 0.15) is 23.4 Å². The summed E-state index contributed by atoms with van der Waals surface area (Å²) < 4.78 is 63.9. The van der Waals surface area contributed by atoms with Crippen LogP contribution >= 0.6 is 11.6 Å². The number of methoxy groups -OCH3 is 1. The first-order valence-electron chi connectivity index (χ1n) is 7.52. The van der Waals surface area contributed by atoms with E-state index >= 15 is 0 Å². The summed E-state index contributed by atoms with van der Waals surface area (Å²) in [4.78, 5) is 24.4. The fourth-order valence-corrected chi connectivity index (χ4v) is 2.58. The minimum absolute atomic E-state index is 0.0635. The molecule has 1 aromatic heterocycles. The molecule has 0 radical (unpaired) electrons. The number of halogens is 5. The molecule has 2 rings (SSSR count). The van der Waals surface area contributed by atoms with Crippen molar-refractivity contribution in [2.24, 2.45) is 7.05 Å². The number of hydrogen-bond donors (Lipinski definition) is 0. The van der Waals surface area contributed by atoms with Gasteiger partial charge in [-0.15, -0.1) is 0 Å². The van der Waals surface area contributed by atoms with E-state index in [4.69, 9.17) is 21.1 Å². The average Bonchev–Trinajstić information content (AvgIpc) is 2.54. The summed E-state index contributed by atoms with van der Waals surface area (Å²) in [6, 6.07) is 1.98. The zero-order chi connectivity index (χ0) is 20.5. The number of ether oxygens (including phenoxy) is 2. The van der Waals surface area contributed by atoms with Crippen molar-refractivity contribution in [2.75, 3.05) is 13.7 Å². The van der Waals surface area contributed by atoms with Crippen molar-refractivity contribution in [3.63, 3.8) is 0 Å². The molecule has 0 bridgehead atoms. The molecule has 27 heavy (non-hydrogen) atoms. The van der Waals surface area contributed by atoms with Crippen LogP contribution in [-0.2, 0) is 18.0 Å². The largest absolute Gasteiger partial charge is 0.487 e. The fraction of sp³-hybridized carbons (Fsp3) is 0.375. The number of hydrogen-bond acceptors (Lipinski definition) is 4. The van der Waals surface area contributed by atoms with Gasteiger partial charge in [0.25, 0.3) is 5.56 Å². The van der Waals surface area contributed by atoms with Crippen LogP contribution in [-0.4, -0.2) is 29.0 Å². The predicted molar refractivity (Wildman–Crippen MR) is 89.2 cm³/mol. The number of nitrogens with zero attached hydrogens (tertiary/aromatic N) is 2. The summed E-state index contributed by atoms with van der Waals surface area (Å²) in [7, 11) is 2.26. The van der Waals surface area contributed by atoms with Crippen LogP contribution in [0, 0.1) is 5.82 Å². The van der Waals surface area contributed by atoms with Gasteiger partial charge in [0.2, 0.25) is 0 Å². The number of alkyl halides is 3. The first-order valence-corrected chi connectivity index (χ1v) is 7.90. The van der Waals surface area contributed by atoms with Crippen molar-refractivity contribution in [2.45, 2.75) is 19.2 Å². The quantitative estimate of drug-likeness (QED) is 0.711. The Morgan fingerprint density at radius 2 is 1.85 bits per heavy atom. The van der Waals surface area contributed by atoms with E-state index in [0.29, 0.717) is 0 Å². The summed E-state index contributed by atoms with van der Waals surface area (Å²) in [5, 5.41) is -0.143. The van der Waals surface area contributed by atoms with E-state index in [1.807, 2.05) is 0 Å². The first-order chi connectivity index (χ1) is 12.5. The third-order valence-electron chi connectivity index (χ3n) is 3.58. The van der Waals surface area contributed by atoms with Gasteiger partial charge in [-0.2, -0.15) is 13.2 Å². The number of aromatic nitrogens is 2. The number of benzene rings is 1. The molecule has 1 heterocycles. The Labute approximate surface area is 155 Å². The lowest BCUT2D eigenvalue weighted by molar-refractivity contribution is -0.144. The molecular formula is C16H15ClF4N2O4. The van der Waals surface area contributed by atoms with Crippen LogP contribution in [0.3, 0.4) is 0 Å². The summed E-state index contributed by atoms with van der Waals surface area (Å²) in [6.45, 7) is 1.80. The SMILES string of the molecule is COCC(C)Oc1cc(-n2c(=O)cc(C(F)(F)F)n(C)c2=O)c(F)cc1Cl. The summed E-state index contributed by atoms with van der Waals surface area (Å²) in [5.74, 6) is -1.14. The highest BCUT2D eigenvalue weighted by atomic mass is 35.5. The van der Waals surface area contributed by atoms with Crippen molar-refractivity contribution in [3.8, 4) is 11.4 Å². The second-order valence-corrected chi connectivity index (χ2v) is 6.07. The molecule has 0 spiro atoms. The molecule has 6 nitrogen and oxygen atoms in total. The molecular weight excluding hydrogens is 396 g/mol. The van der Waals surface area contributed by atoms with E-state index in [9.17, 15) is 27.2 Å². The van der Waals surface area contributed by atoms with Crippen LogP contribution in [0.4, 0.5) is 17.6 Å². The minimum Gasteiger partial charge on any atom is -0.487 e. The number of rotatable bonds is 5. The lowest BCUT2D eigenvalue weighted by Crippen LogP contribution is -2.41. The second kappa shape index (κ2) is 7.73. The van der Waals surface area contributed by atoms with Crippen molar-refractivity contribution in [1.29, 1.82) is 0 Å². The molecule has 1 atom stereocenters.